The molecule has 0 amide bonds. The first kappa shape index (κ1) is 11.3. The van der Waals surface area contributed by atoms with Gasteiger partial charge in [-0.2, -0.15) is 0 Å². The molecule has 1 aromatic rings. The van der Waals surface area contributed by atoms with Crippen molar-refractivity contribution in [2.45, 2.75) is 25.3 Å². The highest BCUT2D eigenvalue weighted by molar-refractivity contribution is 6.33. The fourth-order valence-electron chi connectivity index (χ4n) is 3.15. The Morgan fingerprint density at radius 3 is 2.94 bits per heavy atom. The van der Waals surface area contributed by atoms with E-state index in [2.05, 4.69) is 28.8 Å². The summed E-state index contributed by atoms with van der Waals surface area (Å²) in [4.78, 5) is 9.13. The van der Waals surface area contributed by atoms with Crippen LogP contribution in [-0.4, -0.2) is 42.6 Å². The number of fused-ring (bicyclic) bond motifs is 3. The summed E-state index contributed by atoms with van der Waals surface area (Å²) in [5.41, 5.74) is 2.56. The van der Waals surface area contributed by atoms with Crippen molar-refractivity contribution in [3.8, 4) is 0 Å². The molecule has 2 unspecified atom stereocenters. The quantitative estimate of drug-likeness (QED) is 0.706. The third kappa shape index (κ3) is 1.72. The number of hydrogen-bond acceptors (Lipinski definition) is 3. The number of hydrogen-bond donors (Lipinski definition) is 0. The zero-order valence-corrected chi connectivity index (χ0v) is 11.1. The highest BCUT2D eigenvalue weighted by Crippen LogP contribution is 2.45. The van der Waals surface area contributed by atoms with E-state index in [1.54, 1.807) is 6.20 Å². The first-order valence-corrected chi connectivity index (χ1v) is 6.65. The molecule has 0 aliphatic carbocycles. The van der Waals surface area contributed by atoms with Gasteiger partial charge in [0, 0.05) is 43.0 Å². The molecule has 0 radical (unpaired) electrons. The highest BCUT2D eigenvalue weighted by Gasteiger charge is 2.38. The average molecular weight is 252 g/mol. The van der Waals surface area contributed by atoms with Crippen LogP contribution >= 0.6 is 11.6 Å². The number of anilines is 1. The molecule has 4 heteroatoms. The second-order valence-corrected chi connectivity index (χ2v) is 5.61. The maximum absolute atomic E-state index is 6.33. The van der Waals surface area contributed by atoms with Gasteiger partial charge >= 0.3 is 0 Å². The van der Waals surface area contributed by atoms with E-state index in [0.717, 1.165) is 18.1 Å². The molecule has 2 aliphatic heterocycles. The standard InChI is InChI=1S/C13H18ClN3/c1-9-10-7-15-8-11(14)13(10)17-6-5-16(2)4-3-12(9)17/h7-9,12H,3-6H2,1-2H3. The Morgan fingerprint density at radius 2 is 2.12 bits per heavy atom. The predicted molar refractivity (Wildman–Crippen MR) is 70.9 cm³/mol. The molecule has 1 fully saturated rings. The summed E-state index contributed by atoms with van der Waals surface area (Å²) in [5.74, 6) is 0.544. The van der Waals surface area contributed by atoms with Gasteiger partial charge in [0.05, 0.1) is 10.7 Å². The molecule has 2 aliphatic rings. The van der Waals surface area contributed by atoms with Crippen LogP contribution in [0.4, 0.5) is 5.69 Å². The fraction of sp³-hybridized carbons (Fsp3) is 0.615. The highest BCUT2D eigenvalue weighted by atomic mass is 35.5. The minimum absolute atomic E-state index is 0.544. The molecule has 3 heterocycles. The van der Waals surface area contributed by atoms with Gasteiger partial charge in [0.15, 0.2) is 0 Å². The van der Waals surface area contributed by atoms with Gasteiger partial charge in [0.1, 0.15) is 0 Å². The molecule has 3 rings (SSSR count). The van der Waals surface area contributed by atoms with Crippen LogP contribution in [0.3, 0.4) is 0 Å². The van der Waals surface area contributed by atoms with Crippen molar-refractivity contribution in [1.82, 2.24) is 9.88 Å². The van der Waals surface area contributed by atoms with E-state index >= 15 is 0 Å². The van der Waals surface area contributed by atoms with Gasteiger partial charge < -0.3 is 9.80 Å². The van der Waals surface area contributed by atoms with Crippen molar-refractivity contribution in [3.63, 3.8) is 0 Å². The molecule has 1 aromatic heterocycles. The molecular weight excluding hydrogens is 234 g/mol. The lowest BCUT2D eigenvalue weighted by molar-refractivity contribution is 0.351. The van der Waals surface area contributed by atoms with Gasteiger partial charge in [0.25, 0.3) is 0 Å². The van der Waals surface area contributed by atoms with Crippen molar-refractivity contribution in [2.75, 3.05) is 31.6 Å². The lowest BCUT2D eigenvalue weighted by Crippen LogP contribution is -2.34. The topological polar surface area (TPSA) is 19.4 Å². The molecule has 0 saturated carbocycles. The number of likely N-dealkylation sites (N-methyl/N-ethyl adjacent to an activating group) is 1. The second kappa shape index (κ2) is 4.14. The lowest BCUT2D eigenvalue weighted by atomic mass is 9.96. The summed E-state index contributed by atoms with van der Waals surface area (Å²) < 4.78 is 0. The number of pyridine rings is 1. The molecule has 17 heavy (non-hydrogen) atoms. The SMILES string of the molecule is CC1c2cncc(Cl)c2N2CCN(C)CCC12. The Labute approximate surface area is 107 Å². The van der Waals surface area contributed by atoms with E-state index in [0.29, 0.717) is 12.0 Å². The molecule has 0 bridgehead atoms. The molecule has 2 atom stereocenters. The summed E-state index contributed by atoms with van der Waals surface area (Å²) in [6.07, 6.45) is 4.97. The summed E-state index contributed by atoms with van der Waals surface area (Å²) in [6.45, 7) is 5.65. The van der Waals surface area contributed by atoms with E-state index in [1.165, 1.54) is 24.2 Å². The number of nitrogens with zero attached hydrogens (tertiary/aromatic N) is 3. The van der Waals surface area contributed by atoms with Crippen LogP contribution in [0.5, 0.6) is 0 Å². The van der Waals surface area contributed by atoms with Gasteiger partial charge in [-0.25, -0.2) is 0 Å². The smallest absolute Gasteiger partial charge is 0.0825 e. The van der Waals surface area contributed by atoms with Crippen LogP contribution in [0.2, 0.25) is 5.02 Å². The van der Waals surface area contributed by atoms with E-state index < -0.39 is 0 Å². The zero-order chi connectivity index (χ0) is 12.0. The van der Waals surface area contributed by atoms with Crippen LogP contribution in [0.15, 0.2) is 12.4 Å². The minimum atomic E-state index is 0.544. The molecule has 0 aromatic carbocycles. The van der Waals surface area contributed by atoms with Crippen molar-refractivity contribution in [3.05, 3.63) is 23.0 Å². The molecular formula is C13H18ClN3. The van der Waals surface area contributed by atoms with Crippen LogP contribution in [0.1, 0.15) is 24.8 Å². The Balaban J connectivity index is 2.03. The largest absolute Gasteiger partial charge is 0.365 e. The van der Waals surface area contributed by atoms with Gasteiger partial charge in [-0.3, -0.25) is 4.98 Å². The monoisotopic (exact) mass is 251 g/mol. The van der Waals surface area contributed by atoms with Crippen molar-refractivity contribution >= 4 is 17.3 Å². The summed E-state index contributed by atoms with van der Waals surface area (Å²) in [5, 5.41) is 0.807. The summed E-state index contributed by atoms with van der Waals surface area (Å²) >= 11 is 6.33. The Hall–Kier alpha value is -0.800. The maximum Gasteiger partial charge on any atom is 0.0825 e. The average Bonchev–Trinajstić information content (AvgIpc) is 2.46. The van der Waals surface area contributed by atoms with Crippen LogP contribution in [0.25, 0.3) is 0 Å². The number of aromatic nitrogens is 1. The number of halogens is 1. The normalized spacial score (nSPS) is 28.8. The lowest BCUT2D eigenvalue weighted by Gasteiger charge is -2.27. The second-order valence-electron chi connectivity index (χ2n) is 5.20. The maximum atomic E-state index is 6.33. The van der Waals surface area contributed by atoms with E-state index in [9.17, 15) is 0 Å². The van der Waals surface area contributed by atoms with Gasteiger partial charge in [-0.15, -0.1) is 0 Å². The van der Waals surface area contributed by atoms with Crippen molar-refractivity contribution in [1.29, 1.82) is 0 Å². The van der Waals surface area contributed by atoms with Crippen molar-refractivity contribution in [2.24, 2.45) is 0 Å². The molecule has 0 spiro atoms. The van der Waals surface area contributed by atoms with E-state index in [1.807, 2.05) is 6.20 Å². The minimum Gasteiger partial charge on any atom is -0.365 e. The number of rotatable bonds is 0. The van der Waals surface area contributed by atoms with Crippen LogP contribution in [0, 0.1) is 0 Å². The molecule has 3 nitrogen and oxygen atoms in total. The summed E-state index contributed by atoms with van der Waals surface area (Å²) in [7, 11) is 2.20. The van der Waals surface area contributed by atoms with Gasteiger partial charge in [-0.1, -0.05) is 18.5 Å². The molecule has 0 N–H and O–H groups in total. The van der Waals surface area contributed by atoms with Crippen LogP contribution < -0.4 is 4.90 Å². The third-order valence-electron chi connectivity index (χ3n) is 4.19. The third-order valence-corrected chi connectivity index (χ3v) is 4.46. The Kier molecular flexibility index (Phi) is 2.75. The molecule has 1 saturated heterocycles. The zero-order valence-electron chi connectivity index (χ0n) is 10.4. The van der Waals surface area contributed by atoms with E-state index in [-0.39, 0.29) is 0 Å². The fourth-order valence-corrected chi connectivity index (χ4v) is 3.42. The molecule has 92 valence electrons. The Bertz CT molecular complexity index is 435. The van der Waals surface area contributed by atoms with Gasteiger partial charge in [-0.05, 0) is 20.0 Å². The predicted octanol–water partition coefficient (Wildman–Crippen LogP) is 2.36. The first-order chi connectivity index (χ1) is 8.18. The van der Waals surface area contributed by atoms with Crippen molar-refractivity contribution < 1.29 is 0 Å². The first-order valence-electron chi connectivity index (χ1n) is 6.27. The summed E-state index contributed by atoms with van der Waals surface area (Å²) in [6, 6.07) is 0.594. The van der Waals surface area contributed by atoms with Gasteiger partial charge in [0.2, 0.25) is 0 Å². The van der Waals surface area contributed by atoms with E-state index in [4.69, 9.17) is 11.6 Å². The Morgan fingerprint density at radius 1 is 1.29 bits per heavy atom. The van der Waals surface area contributed by atoms with Crippen LogP contribution in [-0.2, 0) is 0 Å².